The lowest BCUT2D eigenvalue weighted by Crippen LogP contribution is -2.44. The first-order valence-electron chi connectivity index (χ1n) is 6.84. The monoisotopic (exact) mass is 273 g/mol. The maximum Gasteiger partial charge on any atom is 0.268 e. The summed E-state index contributed by atoms with van der Waals surface area (Å²) in [6.07, 6.45) is 2.46. The number of amides is 1. The zero-order chi connectivity index (χ0) is 14.7. The third-order valence-electron chi connectivity index (χ3n) is 3.28. The highest BCUT2D eigenvalue weighted by Crippen LogP contribution is 2.35. The van der Waals surface area contributed by atoms with Gasteiger partial charge < -0.3 is 9.64 Å². The Hall–Kier alpha value is -2.10. The van der Waals surface area contributed by atoms with Crippen LogP contribution in [-0.2, 0) is 4.79 Å². The molecule has 1 aliphatic heterocycles. The molecule has 1 unspecified atom stereocenters. The molecule has 0 fully saturated rings. The second-order valence-electron chi connectivity index (χ2n) is 4.85. The minimum absolute atomic E-state index is 0.0833. The quantitative estimate of drug-likeness (QED) is 0.612. The lowest BCUT2D eigenvalue weighted by atomic mass is 10.0. The van der Waals surface area contributed by atoms with E-state index in [1.807, 2.05) is 6.92 Å². The number of rotatable bonds is 5. The summed E-state index contributed by atoms with van der Waals surface area (Å²) in [6.45, 7) is 7.77. The topological polar surface area (TPSA) is 46.6 Å². The van der Waals surface area contributed by atoms with Gasteiger partial charge in [0.05, 0.1) is 5.69 Å². The van der Waals surface area contributed by atoms with Crippen molar-refractivity contribution < 1.29 is 14.3 Å². The first-order chi connectivity index (χ1) is 9.58. The highest BCUT2D eigenvalue weighted by atomic mass is 16.5. The summed E-state index contributed by atoms with van der Waals surface area (Å²) in [5.41, 5.74) is 1.26. The number of fused-ring (bicyclic) bond motifs is 1. The molecule has 1 amide bonds. The SMILES string of the molecule is C=CCN1C(=O)C(C)Oc2ccc(C(=O)CCC)cc21. The number of carbonyl (C=O) groups excluding carboxylic acids is 2. The van der Waals surface area contributed by atoms with Gasteiger partial charge in [-0.05, 0) is 31.5 Å². The molecule has 0 N–H and O–H groups in total. The second kappa shape index (κ2) is 5.90. The van der Waals surface area contributed by atoms with Crippen LogP contribution in [0, 0.1) is 0 Å². The molecule has 20 heavy (non-hydrogen) atoms. The molecule has 2 rings (SSSR count). The predicted octanol–water partition coefficient (Wildman–Crippen LogP) is 2.97. The van der Waals surface area contributed by atoms with Crippen molar-refractivity contribution in [1.29, 1.82) is 0 Å². The van der Waals surface area contributed by atoms with E-state index in [2.05, 4.69) is 6.58 Å². The van der Waals surface area contributed by atoms with Crippen molar-refractivity contribution in [2.45, 2.75) is 32.8 Å². The van der Waals surface area contributed by atoms with E-state index < -0.39 is 6.10 Å². The van der Waals surface area contributed by atoms with Gasteiger partial charge in [0.2, 0.25) is 0 Å². The maximum atomic E-state index is 12.2. The van der Waals surface area contributed by atoms with Crippen LogP contribution in [0.5, 0.6) is 5.75 Å². The fourth-order valence-electron chi connectivity index (χ4n) is 2.27. The van der Waals surface area contributed by atoms with E-state index in [0.29, 0.717) is 30.0 Å². The Labute approximate surface area is 119 Å². The lowest BCUT2D eigenvalue weighted by molar-refractivity contribution is -0.125. The standard InChI is InChI=1S/C16H19NO3/c1-4-6-14(18)12-7-8-15-13(10-12)17(9-5-2)16(19)11(3)20-15/h5,7-8,10-11H,2,4,6,9H2,1,3H3. The third-order valence-corrected chi connectivity index (χ3v) is 3.28. The maximum absolute atomic E-state index is 12.2. The summed E-state index contributed by atoms with van der Waals surface area (Å²) >= 11 is 0. The fourth-order valence-corrected chi connectivity index (χ4v) is 2.27. The lowest BCUT2D eigenvalue weighted by Gasteiger charge is -2.32. The average Bonchev–Trinajstić information content (AvgIpc) is 2.44. The van der Waals surface area contributed by atoms with Crippen LogP contribution in [0.2, 0.25) is 0 Å². The molecule has 0 saturated heterocycles. The minimum Gasteiger partial charge on any atom is -0.479 e. The van der Waals surface area contributed by atoms with E-state index in [0.717, 1.165) is 6.42 Å². The molecule has 0 radical (unpaired) electrons. The third kappa shape index (κ3) is 2.59. The van der Waals surface area contributed by atoms with Crippen molar-refractivity contribution in [2.24, 2.45) is 0 Å². The van der Waals surface area contributed by atoms with Gasteiger partial charge in [-0.3, -0.25) is 9.59 Å². The summed E-state index contributed by atoms with van der Waals surface area (Å²) in [4.78, 5) is 25.7. The number of nitrogens with zero attached hydrogens (tertiary/aromatic N) is 1. The summed E-state index contributed by atoms with van der Waals surface area (Å²) in [5, 5.41) is 0. The van der Waals surface area contributed by atoms with E-state index in [1.54, 1.807) is 36.1 Å². The van der Waals surface area contributed by atoms with Crippen molar-refractivity contribution in [3.8, 4) is 5.75 Å². The molecule has 1 aromatic rings. The zero-order valence-electron chi connectivity index (χ0n) is 11.9. The Morgan fingerprint density at radius 2 is 2.25 bits per heavy atom. The number of benzene rings is 1. The number of Topliss-reactive ketones (excluding diaryl/α,β-unsaturated/α-hetero) is 1. The van der Waals surface area contributed by atoms with Gasteiger partial charge in [0.25, 0.3) is 5.91 Å². The Morgan fingerprint density at radius 1 is 1.50 bits per heavy atom. The molecular weight excluding hydrogens is 254 g/mol. The van der Waals surface area contributed by atoms with Crippen molar-refractivity contribution in [3.05, 3.63) is 36.4 Å². The summed E-state index contributed by atoms with van der Waals surface area (Å²) in [6, 6.07) is 5.25. The van der Waals surface area contributed by atoms with Crippen molar-refractivity contribution in [2.75, 3.05) is 11.4 Å². The summed E-state index contributed by atoms with van der Waals surface area (Å²) in [7, 11) is 0. The second-order valence-corrected chi connectivity index (χ2v) is 4.85. The highest BCUT2D eigenvalue weighted by molar-refractivity contribution is 6.03. The van der Waals surface area contributed by atoms with E-state index in [1.165, 1.54) is 0 Å². The Morgan fingerprint density at radius 3 is 2.90 bits per heavy atom. The van der Waals surface area contributed by atoms with Gasteiger partial charge in [-0.25, -0.2) is 0 Å². The normalized spacial score (nSPS) is 17.4. The first-order valence-corrected chi connectivity index (χ1v) is 6.84. The number of ether oxygens (including phenoxy) is 1. The van der Waals surface area contributed by atoms with Crippen molar-refractivity contribution in [3.63, 3.8) is 0 Å². The highest BCUT2D eigenvalue weighted by Gasteiger charge is 2.31. The molecule has 0 spiro atoms. The molecule has 0 saturated carbocycles. The van der Waals surface area contributed by atoms with Gasteiger partial charge in [0, 0.05) is 18.5 Å². The molecule has 1 atom stereocenters. The van der Waals surface area contributed by atoms with Gasteiger partial charge in [-0.1, -0.05) is 13.0 Å². The van der Waals surface area contributed by atoms with Crippen LogP contribution < -0.4 is 9.64 Å². The number of hydrogen-bond acceptors (Lipinski definition) is 3. The molecule has 0 aromatic heterocycles. The molecule has 0 aliphatic carbocycles. The molecule has 1 aliphatic rings. The van der Waals surface area contributed by atoms with Crippen LogP contribution in [0.3, 0.4) is 0 Å². The van der Waals surface area contributed by atoms with Gasteiger partial charge in [0.15, 0.2) is 11.9 Å². The van der Waals surface area contributed by atoms with Crippen LogP contribution in [-0.4, -0.2) is 24.3 Å². The minimum atomic E-state index is -0.514. The Bertz CT molecular complexity index is 551. The van der Waals surface area contributed by atoms with Crippen molar-refractivity contribution >= 4 is 17.4 Å². The molecule has 4 nitrogen and oxygen atoms in total. The number of anilines is 1. The van der Waals surface area contributed by atoms with E-state index in [9.17, 15) is 9.59 Å². The van der Waals surface area contributed by atoms with Crippen molar-refractivity contribution in [1.82, 2.24) is 0 Å². The molecule has 1 aromatic carbocycles. The fraction of sp³-hybridized carbons (Fsp3) is 0.375. The smallest absolute Gasteiger partial charge is 0.268 e. The zero-order valence-corrected chi connectivity index (χ0v) is 11.9. The Kier molecular flexibility index (Phi) is 4.23. The van der Waals surface area contributed by atoms with E-state index >= 15 is 0 Å². The molecule has 4 heteroatoms. The van der Waals surface area contributed by atoms with Gasteiger partial charge in [-0.15, -0.1) is 6.58 Å². The van der Waals surface area contributed by atoms with E-state index in [4.69, 9.17) is 4.74 Å². The van der Waals surface area contributed by atoms with Crippen LogP contribution in [0.25, 0.3) is 0 Å². The van der Waals surface area contributed by atoms with Gasteiger partial charge in [-0.2, -0.15) is 0 Å². The number of ketones is 1. The summed E-state index contributed by atoms with van der Waals surface area (Å²) in [5.74, 6) is 0.601. The molecular formula is C16H19NO3. The molecule has 106 valence electrons. The average molecular weight is 273 g/mol. The number of carbonyl (C=O) groups is 2. The van der Waals surface area contributed by atoms with Gasteiger partial charge >= 0.3 is 0 Å². The largest absolute Gasteiger partial charge is 0.479 e. The van der Waals surface area contributed by atoms with Crippen LogP contribution in [0.4, 0.5) is 5.69 Å². The number of hydrogen-bond donors (Lipinski definition) is 0. The van der Waals surface area contributed by atoms with Gasteiger partial charge in [0.1, 0.15) is 5.75 Å². The predicted molar refractivity (Wildman–Crippen MR) is 78.3 cm³/mol. The molecule has 1 heterocycles. The first kappa shape index (κ1) is 14.3. The molecule has 0 bridgehead atoms. The van der Waals surface area contributed by atoms with Crippen LogP contribution >= 0.6 is 0 Å². The van der Waals surface area contributed by atoms with Crippen LogP contribution in [0.15, 0.2) is 30.9 Å². The Balaban J connectivity index is 2.42. The van der Waals surface area contributed by atoms with E-state index in [-0.39, 0.29) is 11.7 Å². The van der Waals surface area contributed by atoms with Crippen LogP contribution in [0.1, 0.15) is 37.0 Å². The summed E-state index contributed by atoms with van der Waals surface area (Å²) < 4.78 is 5.58.